The highest BCUT2D eigenvalue weighted by Crippen LogP contribution is 2.20. The minimum absolute atomic E-state index is 0.0609. The van der Waals surface area contributed by atoms with E-state index in [2.05, 4.69) is 32.7 Å². The second-order valence-corrected chi connectivity index (χ2v) is 4.31. The first kappa shape index (κ1) is 13.9. The second-order valence-electron chi connectivity index (χ2n) is 4.31. The smallest absolute Gasteiger partial charge is 0.0480 e. The van der Waals surface area contributed by atoms with Gasteiger partial charge in [-0.3, -0.25) is 4.90 Å². The molecule has 0 aromatic heterocycles. The minimum Gasteiger partial charge on any atom is -0.385 e. The van der Waals surface area contributed by atoms with Crippen LogP contribution in [0.3, 0.4) is 0 Å². The number of nitrogens with zero attached hydrogens (tertiary/aromatic N) is 1. The molecule has 0 bridgehead atoms. The zero-order chi connectivity index (χ0) is 11.2. The number of ether oxygens (including phenoxy) is 1. The van der Waals surface area contributed by atoms with Gasteiger partial charge in [0.25, 0.3) is 0 Å². The summed E-state index contributed by atoms with van der Waals surface area (Å²) in [6.45, 7) is 8.10. The van der Waals surface area contributed by atoms with E-state index in [4.69, 9.17) is 10.5 Å². The topological polar surface area (TPSA) is 38.5 Å². The van der Waals surface area contributed by atoms with Crippen LogP contribution in [0.25, 0.3) is 0 Å². The zero-order valence-corrected chi connectivity index (χ0v) is 10.3. The molecule has 0 aliphatic carbocycles. The fraction of sp³-hybridized carbons (Fsp3) is 1.00. The summed E-state index contributed by atoms with van der Waals surface area (Å²) in [7, 11) is 3.89. The summed E-state index contributed by atoms with van der Waals surface area (Å²) in [5.41, 5.74) is 5.90. The van der Waals surface area contributed by atoms with Crippen molar-refractivity contribution in [3.8, 4) is 0 Å². The SMILES string of the molecule is CCC(C)N(C)C(C)(CN)CCOC. The Morgan fingerprint density at radius 3 is 2.43 bits per heavy atom. The van der Waals surface area contributed by atoms with Crippen LogP contribution in [-0.2, 0) is 4.74 Å². The Morgan fingerprint density at radius 1 is 1.50 bits per heavy atom. The maximum absolute atomic E-state index is 5.84. The quantitative estimate of drug-likeness (QED) is 0.679. The van der Waals surface area contributed by atoms with Crippen LogP contribution in [0.1, 0.15) is 33.6 Å². The highest BCUT2D eigenvalue weighted by Gasteiger charge is 2.29. The standard InChI is InChI=1S/C11H26N2O/c1-6-10(2)13(4)11(3,9-12)7-8-14-5/h10H,6-9,12H2,1-5H3. The van der Waals surface area contributed by atoms with Crippen molar-refractivity contribution in [2.45, 2.75) is 45.2 Å². The van der Waals surface area contributed by atoms with Gasteiger partial charge < -0.3 is 10.5 Å². The van der Waals surface area contributed by atoms with E-state index in [1.807, 2.05) is 0 Å². The third-order valence-corrected chi connectivity index (χ3v) is 3.39. The summed E-state index contributed by atoms with van der Waals surface area (Å²) in [4.78, 5) is 2.37. The largest absolute Gasteiger partial charge is 0.385 e. The lowest BCUT2D eigenvalue weighted by atomic mass is 9.94. The molecule has 3 nitrogen and oxygen atoms in total. The minimum atomic E-state index is 0.0609. The van der Waals surface area contributed by atoms with Gasteiger partial charge in [0.15, 0.2) is 0 Å². The third kappa shape index (κ3) is 3.56. The van der Waals surface area contributed by atoms with Gasteiger partial charge in [0.1, 0.15) is 0 Å². The van der Waals surface area contributed by atoms with E-state index < -0.39 is 0 Å². The van der Waals surface area contributed by atoms with Gasteiger partial charge in [0.2, 0.25) is 0 Å². The van der Waals surface area contributed by atoms with Gasteiger partial charge >= 0.3 is 0 Å². The Kier molecular flexibility index (Phi) is 6.33. The molecule has 0 radical (unpaired) electrons. The maximum atomic E-state index is 5.84. The highest BCUT2D eigenvalue weighted by atomic mass is 16.5. The van der Waals surface area contributed by atoms with E-state index in [-0.39, 0.29) is 5.54 Å². The van der Waals surface area contributed by atoms with Crippen molar-refractivity contribution >= 4 is 0 Å². The molecule has 14 heavy (non-hydrogen) atoms. The van der Waals surface area contributed by atoms with Crippen molar-refractivity contribution < 1.29 is 4.74 Å². The molecule has 0 saturated carbocycles. The van der Waals surface area contributed by atoms with Gasteiger partial charge in [-0.15, -0.1) is 0 Å². The molecule has 2 N–H and O–H groups in total. The normalized spacial score (nSPS) is 18.2. The van der Waals surface area contributed by atoms with Crippen molar-refractivity contribution in [1.29, 1.82) is 0 Å². The molecule has 0 amide bonds. The highest BCUT2D eigenvalue weighted by molar-refractivity contribution is 4.87. The lowest BCUT2D eigenvalue weighted by Crippen LogP contribution is -2.53. The van der Waals surface area contributed by atoms with Crippen molar-refractivity contribution in [3.63, 3.8) is 0 Å². The van der Waals surface area contributed by atoms with Crippen molar-refractivity contribution in [2.75, 3.05) is 27.3 Å². The van der Waals surface area contributed by atoms with E-state index in [0.29, 0.717) is 12.6 Å². The van der Waals surface area contributed by atoms with Gasteiger partial charge in [-0.05, 0) is 33.7 Å². The molecule has 3 heteroatoms. The fourth-order valence-electron chi connectivity index (χ4n) is 1.55. The van der Waals surface area contributed by atoms with Crippen LogP contribution in [0.4, 0.5) is 0 Å². The van der Waals surface area contributed by atoms with Crippen LogP contribution in [-0.4, -0.2) is 43.8 Å². The first-order valence-electron chi connectivity index (χ1n) is 5.43. The number of hydrogen-bond donors (Lipinski definition) is 1. The van der Waals surface area contributed by atoms with E-state index >= 15 is 0 Å². The lowest BCUT2D eigenvalue weighted by molar-refractivity contribution is 0.0607. The molecule has 0 aliphatic heterocycles. The molecule has 0 fully saturated rings. The van der Waals surface area contributed by atoms with Crippen molar-refractivity contribution in [1.82, 2.24) is 4.90 Å². The molecule has 2 atom stereocenters. The molecular formula is C11H26N2O. The third-order valence-electron chi connectivity index (χ3n) is 3.39. The molecular weight excluding hydrogens is 176 g/mol. The van der Waals surface area contributed by atoms with Crippen LogP contribution in [0, 0.1) is 0 Å². The summed E-state index contributed by atoms with van der Waals surface area (Å²) in [5, 5.41) is 0. The first-order chi connectivity index (χ1) is 6.51. The Labute approximate surface area is 88.6 Å². The number of likely N-dealkylation sites (N-methyl/N-ethyl adjacent to an activating group) is 1. The number of hydrogen-bond acceptors (Lipinski definition) is 3. The van der Waals surface area contributed by atoms with E-state index in [9.17, 15) is 0 Å². The summed E-state index contributed by atoms with van der Waals surface area (Å²) < 4.78 is 5.12. The summed E-state index contributed by atoms with van der Waals surface area (Å²) in [5.74, 6) is 0. The van der Waals surface area contributed by atoms with Gasteiger partial charge in [-0.1, -0.05) is 6.92 Å². The fourth-order valence-corrected chi connectivity index (χ4v) is 1.55. The Bertz CT molecular complexity index is 152. The molecule has 0 aliphatic rings. The monoisotopic (exact) mass is 202 g/mol. The van der Waals surface area contributed by atoms with Gasteiger partial charge in [-0.25, -0.2) is 0 Å². The molecule has 86 valence electrons. The second kappa shape index (κ2) is 6.38. The van der Waals surface area contributed by atoms with Crippen LogP contribution in [0.2, 0.25) is 0 Å². The van der Waals surface area contributed by atoms with Gasteiger partial charge in [-0.2, -0.15) is 0 Å². The van der Waals surface area contributed by atoms with Crippen LogP contribution >= 0.6 is 0 Å². The molecule has 0 aromatic rings. The number of nitrogens with two attached hydrogens (primary N) is 1. The molecule has 0 rings (SSSR count). The molecule has 0 aromatic carbocycles. The van der Waals surface area contributed by atoms with Crippen molar-refractivity contribution in [3.05, 3.63) is 0 Å². The first-order valence-corrected chi connectivity index (χ1v) is 5.43. The summed E-state index contributed by atoms with van der Waals surface area (Å²) in [6, 6.07) is 0.570. The van der Waals surface area contributed by atoms with Crippen LogP contribution in [0.15, 0.2) is 0 Å². The predicted molar refractivity (Wildman–Crippen MR) is 61.5 cm³/mol. The molecule has 2 unspecified atom stereocenters. The average molecular weight is 202 g/mol. The van der Waals surface area contributed by atoms with Gasteiger partial charge in [0.05, 0.1) is 0 Å². The Morgan fingerprint density at radius 2 is 2.07 bits per heavy atom. The van der Waals surface area contributed by atoms with E-state index in [1.54, 1.807) is 7.11 Å². The molecule has 0 saturated heterocycles. The maximum Gasteiger partial charge on any atom is 0.0480 e. The molecule has 0 heterocycles. The van der Waals surface area contributed by atoms with Crippen LogP contribution < -0.4 is 5.73 Å². The van der Waals surface area contributed by atoms with Gasteiger partial charge in [0, 0.05) is 31.8 Å². The Hall–Kier alpha value is -0.120. The molecule has 0 spiro atoms. The van der Waals surface area contributed by atoms with Crippen molar-refractivity contribution in [2.24, 2.45) is 5.73 Å². The zero-order valence-electron chi connectivity index (χ0n) is 10.3. The lowest BCUT2D eigenvalue weighted by Gasteiger charge is -2.41. The Balaban J connectivity index is 4.33. The summed E-state index contributed by atoms with van der Waals surface area (Å²) in [6.07, 6.45) is 2.14. The predicted octanol–water partition coefficient (Wildman–Crippen LogP) is 1.47. The number of methoxy groups -OCH3 is 1. The van der Waals surface area contributed by atoms with E-state index in [1.165, 1.54) is 0 Å². The van der Waals surface area contributed by atoms with Crippen LogP contribution in [0.5, 0.6) is 0 Å². The van der Waals surface area contributed by atoms with E-state index in [0.717, 1.165) is 19.4 Å². The summed E-state index contributed by atoms with van der Waals surface area (Å²) >= 11 is 0. The average Bonchev–Trinajstić information content (AvgIpc) is 2.23. The number of rotatable bonds is 7.